The SMILES string of the molecule is O=C(c1cscn1)N1CCN([C@@H]2CC(=O)N(c3ccc4c(ccn4-c4ccc(C(F)(F)F)cc4)c3)C2)CC1. The molecule has 6 rings (SSSR count). The van der Waals surface area contributed by atoms with Crippen LogP contribution in [0.5, 0.6) is 0 Å². The van der Waals surface area contributed by atoms with Gasteiger partial charge in [0.2, 0.25) is 5.91 Å². The van der Waals surface area contributed by atoms with Gasteiger partial charge in [-0.1, -0.05) is 0 Å². The summed E-state index contributed by atoms with van der Waals surface area (Å²) < 4.78 is 40.6. The fraction of sp³-hybridized carbons (Fsp3) is 0.296. The number of carbonyl (C=O) groups is 2. The van der Waals surface area contributed by atoms with E-state index in [1.54, 1.807) is 15.8 Å². The lowest BCUT2D eigenvalue weighted by Gasteiger charge is -2.37. The Hall–Kier alpha value is -3.70. The number of thiazole rings is 1. The van der Waals surface area contributed by atoms with Crippen LogP contribution in [0.25, 0.3) is 16.6 Å². The summed E-state index contributed by atoms with van der Waals surface area (Å²) in [5, 5.41) is 2.66. The smallest absolute Gasteiger partial charge is 0.335 e. The molecule has 2 fully saturated rings. The summed E-state index contributed by atoms with van der Waals surface area (Å²) in [4.78, 5) is 35.5. The third kappa shape index (κ3) is 4.56. The van der Waals surface area contributed by atoms with Gasteiger partial charge in [0.05, 0.1) is 16.6 Å². The molecule has 0 saturated carbocycles. The third-order valence-electron chi connectivity index (χ3n) is 7.33. The summed E-state index contributed by atoms with van der Waals surface area (Å²) in [6.45, 7) is 3.19. The van der Waals surface area contributed by atoms with Crippen molar-refractivity contribution in [1.29, 1.82) is 0 Å². The molecule has 7 nitrogen and oxygen atoms in total. The average molecular weight is 540 g/mol. The number of carbonyl (C=O) groups excluding carboxylic acids is 2. The monoisotopic (exact) mass is 539 g/mol. The topological polar surface area (TPSA) is 61.7 Å². The predicted octanol–water partition coefficient (Wildman–Crippen LogP) is 4.67. The minimum atomic E-state index is -4.38. The predicted molar refractivity (Wildman–Crippen MR) is 139 cm³/mol. The first kappa shape index (κ1) is 24.6. The molecule has 0 N–H and O–H groups in total. The number of aromatic nitrogens is 2. The number of rotatable bonds is 4. The Bertz CT molecular complexity index is 1470. The minimum absolute atomic E-state index is 0.0495. The van der Waals surface area contributed by atoms with Crippen LogP contribution in [0.3, 0.4) is 0 Å². The van der Waals surface area contributed by atoms with Crippen molar-refractivity contribution in [2.24, 2.45) is 0 Å². The second-order valence-corrected chi connectivity index (χ2v) is 10.3. The highest BCUT2D eigenvalue weighted by Gasteiger charge is 2.36. The molecular weight excluding hydrogens is 515 g/mol. The zero-order chi connectivity index (χ0) is 26.4. The molecule has 2 aromatic carbocycles. The van der Waals surface area contributed by atoms with Gasteiger partial charge in [-0.3, -0.25) is 14.5 Å². The lowest BCUT2D eigenvalue weighted by atomic mass is 10.2. The molecule has 0 spiro atoms. The lowest BCUT2D eigenvalue weighted by molar-refractivity contribution is -0.137. The highest BCUT2D eigenvalue weighted by Crippen LogP contribution is 2.32. The normalized spacial score (nSPS) is 19.0. The van der Waals surface area contributed by atoms with Crippen LogP contribution in [-0.4, -0.2) is 69.9 Å². The Morgan fingerprint density at radius 2 is 1.71 bits per heavy atom. The van der Waals surface area contributed by atoms with Gasteiger partial charge in [0.25, 0.3) is 5.91 Å². The Labute approximate surface area is 220 Å². The van der Waals surface area contributed by atoms with Crippen molar-refractivity contribution in [1.82, 2.24) is 19.4 Å². The van der Waals surface area contributed by atoms with E-state index < -0.39 is 11.7 Å². The van der Waals surface area contributed by atoms with Crippen molar-refractivity contribution in [3.05, 3.63) is 76.9 Å². The molecule has 38 heavy (non-hydrogen) atoms. The Kier molecular flexibility index (Phi) is 6.19. The number of alkyl halides is 3. The molecule has 4 heterocycles. The fourth-order valence-corrected chi connectivity index (χ4v) is 5.81. The van der Waals surface area contributed by atoms with Gasteiger partial charge in [0, 0.05) is 73.5 Å². The third-order valence-corrected chi connectivity index (χ3v) is 7.92. The van der Waals surface area contributed by atoms with Crippen molar-refractivity contribution < 1.29 is 22.8 Å². The first-order valence-corrected chi connectivity index (χ1v) is 13.2. The maximum atomic E-state index is 13.0. The van der Waals surface area contributed by atoms with Crippen molar-refractivity contribution >= 4 is 39.7 Å². The van der Waals surface area contributed by atoms with Gasteiger partial charge in [-0.15, -0.1) is 11.3 Å². The van der Waals surface area contributed by atoms with E-state index in [-0.39, 0.29) is 17.9 Å². The molecule has 2 amide bonds. The van der Waals surface area contributed by atoms with Gasteiger partial charge in [0.1, 0.15) is 5.69 Å². The van der Waals surface area contributed by atoms with E-state index in [4.69, 9.17) is 0 Å². The van der Waals surface area contributed by atoms with E-state index in [9.17, 15) is 22.8 Å². The summed E-state index contributed by atoms with van der Waals surface area (Å²) >= 11 is 1.40. The molecule has 1 atom stereocenters. The zero-order valence-electron chi connectivity index (χ0n) is 20.3. The largest absolute Gasteiger partial charge is 0.416 e. The standard InChI is InChI=1S/C27H24F3N5O2S/c28-27(29,30)19-1-3-20(4-2-19)34-8-7-18-13-21(5-6-24(18)34)35-15-22(14-25(35)36)32-9-11-33(12-10-32)26(37)23-16-38-17-31-23/h1-8,13,16-17,22H,9-12,14-15H2/t22-/m1/s1. The maximum absolute atomic E-state index is 13.0. The molecule has 196 valence electrons. The molecule has 2 saturated heterocycles. The van der Waals surface area contributed by atoms with Crippen LogP contribution < -0.4 is 4.90 Å². The molecular formula is C27H24F3N5O2S. The van der Waals surface area contributed by atoms with Crippen LogP contribution in [0, 0.1) is 0 Å². The van der Waals surface area contributed by atoms with Crippen LogP contribution in [0.2, 0.25) is 0 Å². The second kappa shape index (κ2) is 9.55. The molecule has 2 aromatic heterocycles. The second-order valence-electron chi connectivity index (χ2n) is 9.54. The number of hydrogen-bond donors (Lipinski definition) is 0. The number of nitrogens with zero attached hydrogens (tertiary/aromatic N) is 5. The summed E-state index contributed by atoms with van der Waals surface area (Å²) in [6, 6.07) is 12.8. The molecule has 2 aliphatic rings. The summed E-state index contributed by atoms with van der Waals surface area (Å²) in [6.07, 6.45) is -2.14. The van der Waals surface area contributed by atoms with Crippen molar-refractivity contribution in [3.8, 4) is 5.69 Å². The number of amides is 2. The van der Waals surface area contributed by atoms with Gasteiger partial charge in [-0.25, -0.2) is 4.98 Å². The van der Waals surface area contributed by atoms with Crippen LogP contribution >= 0.6 is 11.3 Å². The first-order chi connectivity index (χ1) is 18.3. The number of benzene rings is 2. The van der Waals surface area contributed by atoms with Crippen LogP contribution in [0.15, 0.2) is 65.6 Å². The zero-order valence-corrected chi connectivity index (χ0v) is 21.1. The highest BCUT2D eigenvalue weighted by molar-refractivity contribution is 7.07. The van der Waals surface area contributed by atoms with E-state index in [2.05, 4.69) is 9.88 Å². The first-order valence-electron chi connectivity index (χ1n) is 12.3. The van der Waals surface area contributed by atoms with E-state index in [1.807, 2.05) is 39.9 Å². The van der Waals surface area contributed by atoms with E-state index in [1.165, 1.54) is 23.5 Å². The summed E-state index contributed by atoms with van der Waals surface area (Å²) in [5.74, 6) is 0.00376. The summed E-state index contributed by atoms with van der Waals surface area (Å²) in [5.41, 5.74) is 3.72. The molecule has 0 aliphatic carbocycles. The van der Waals surface area contributed by atoms with E-state index in [0.717, 1.165) is 28.7 Å². The number of piperazine rings is 1. The quantitative estimate of drug-likeness (QED) is 0.378. The van der Waals surface area contributed by atoms with E-state index in [0.29, 0.717) is 50.5 Å². The van der Waals surface area contributed by atoms with Crippen LogP contribution in [-0.2, 0) is 11.0 Å². The van der Waals surface area contributed by atoms with Gasteiger partial charge in [-0.05, 0) is 48.5 Å². The Balaban J connectivity index is 1.13. The number of anilines is 1. The van der Waals surface area contributed by atoms with Crippen LogP contribution in [0.4, 0.5) is 18.9 Å². The Morgan fingerprint density at radius 3 is 2.39 bits per heavy atom. The maximum Gasteiger partial charge on any atom is 0.416 e. The van der Waals surface area contributed by atoms with Gasteiger partial charge < -0.3 is 14.4 Å². The van der Waals surface area contributed by atoms with Gasteiger partial charge in [-0.2, -0.15) is 13.2 Å². The molecule has 0 bridgehead atoms. The molecule has 11 heteroatoms. The van der Waals surface area contributed by atoms with Gasteiger partial charge in [0.15, 0.2) is 0 Å². The lowest BCUT2D eigenvalue weighted by Crippen LogP contribution is -2.52. The molecule has 4 aromatic rings. The fourth-order valence-electron chi connectivity index (χ4n) is 5.29. The van der Waals surface area contributed by atoms with Crippen molar-refractivity contribution in [3.63, 3.8) is 0 Å². The van der Waals surface area contributed by atoms with Gasteiger partial charge >= 0.3 is 6.18 Å². The number of fused-ring (bicyclic) bond motifs is 1. The average Bonchev–Trinajstić information content (AvgIpc) is 3.68. The Morgan fingerprint density at radius 1 is 0.974 bits per heavy atom. The molecule has 0 unspecified atom stereocenters. The van der Waals surface area contributed by atoms with Crippen molar-refractivity contribution in [2.45, 2.75) is 18.6 Å². The molecule has 2 aliphatic heterocycles. The van der Waals surface area contributed by atoms with Crippen molar-refractivity contribution in [2.75, 3.05) is 37.6 Å². The highest BCUT2D eigenvalue weighted by atomic mass is 32.1. The molecule has 0 radical (unpaired) electrons. The summed E-state index contributed by atoms with van der Waals surface area (Å²) in [7, 11) is 0. The minimum Gasteiger partial charge on any atom is -0.335 e. The van der Waals surface area contributed by atoms with E-state index >= 15 is 0 Å². The number of halogens is 3. The number of hydrogen-bond acceptors (Lipinski definition) is 5. The van der Waals surface area contributed by atoms with Crippen LogP contribution in [0.1, 0.15) is 22.5 Å².